The zero-order valence-electron chi connectivity index (χ0n) is 13.8. The molecular weight excluding hydrogens is 288 g/mol. The molecule has 1 aliphatic heterocycles. The molecule has 3 rings (SSSR count). The Kier molecular flexibility index (Phi) is 5.68. The van der Waals surface area contributed by atoms with Crippen LogP contribution < -0.4 is 5.32 Å². The molecule has 2 fully saturated rings. The number of likely N-dealkylation sites (tertiary alicyclic amines) is 1. The maximum atomic E-state index is 11.0. The molecule has 1 aromatic carbocycles. The minimum absolute atomic E-state index is 0.369. The van der Waals surface area contributed by atoms with Crippen molar-refractivity contribution >= 4 is 5.97 Å². The van der Waals surface area contributed by atoms with Gasteiger partial charge < -0.3 is 10.4 Å². The van der Waals surface area contributed by atoms with E-state index >= 15 is 0 Å². The van der Waals surface area contributed by atoms with E-state index < -0.39 is 5.97 Å². The van der Waals surface area contributed by atoms with Crippen molar-refractivity contribution in [3.8, 4) is 0 Å². The molecule has 126 valence electrons. The summed E-state index contributed by atoms with van der Waals surface area (Å²) < 4.78 is 0. The van der Waals surface area contributed by atoms with Crippen molar-refractivity contribution in [1.82, 2.24) is 10.2 Å². The first-order chi connectivity index (χ1) is 11.2. The number of rotatable bonds is 6. The van der Waals surface area contributed by atoms with E-state index in [1.165, 1.54) is 51.5 Å². The van der Waals surface area contributed by atoms with E-state index in [2.05, 4.69) is 10.2 Å². The molecule has 4 nitrogen and oxygen atoms in total. The normalized spacial score (nSPS) is 23.2. The average molecular weight is 316 g/mol. The van der Waals surface area contributed by atoms with Crippen LogP contribution in [-0.4, -0.2) is 41.1 Å². The third-order valence-electron chi connectivity index (χ3n) is 5.35. The summed E-state index contributed by atoms with van der Waals surface area (Å²) in [5, 5.41) is 12.6. The second kappa shape index (κ2) is 7.93. The van der Waals surface area contributed by atoms with Gasteiger partial charge >= 0.3 is 5.97 Å². The average Bonchev–Trinajstić information content (AvgIpc) is 3.04. The molecule has 0 aromatic heterocycles. The summed E-state index contributed by atoms with van der Waals surface area (Å²) in [5.74, 6) is -0.855. The molecule has 1 aromatic rings. The lowest BCUT2D eigenvalue weighted by Crippen LogP contribution is -2.44. The zero-order valence-corrected chi connectivity index (χ0v) is 13.8. The van der Waals surface area contributed by atoms with E-state index in [0.29, 0.717) is 11.6 Å². The molecule has 1 saturated heterocycles. The SMILES string of the molecule is O=C(O)c1cccc(CNCC2CCCN2C2CCCCC2)c1. The summed E-state index contributed by atoms with van der Waals surface area (Å²) in [6.07, 6.45) is 9.55. The highest BCUT2D eigenvalue weighted by Gasteiger charge is 2.30. The van der Waals surface area contributed by atoms with Crippen LogP contribution in [0.4, 0.5) is 0 Å². The number of nitrogens with zero attached hydrogens (tertiary/aromatic N) is 1. The number of carbonyl (C=O) groups is 1. The van der Waals surface area contributed by atoms with Gasteiger partial charge in [0.05, 0.1) is 5.56 Å². The van der Waals surface area contributed by atoms with Crippen LogP contribution in [0.1, 0.15) is 60.9 Å². The fourth-order valence-corrected chi connectivity index (χ4v) is 4.17. The monoisotopic (exact) mass is 316 g/mol. The highest BCUT2D eigenvalue weighted by Crippen LogP contribution is 2.28. The van der Waals surface area contributed by atoms with Crippen LogP contribution in [0.2, 0.25) is 0 Å². The molecule has 0 bridgehead atoms. The maximum Gasteiger partial charge on any atom is 0.335 e. The molecule has 2 N–H and O–H groups in total. The van der Waals surface area contributed by atoms with Crippen molar-refractivity contribution < 1.29 is 9.90 Å². The van der Waals surface area contributed by atoms with Gasteiger partial charge in [0.2, 0.25) is 0 Å². The fourth-order valence-electron chi connectivity index (χ4n) is 4.17. The van der Waals surface area contributed by atoms with E-state index in [0.717, 1.165) is 24.7 Å². The molecule has 0 radical (unpaired) electrons. The highest BCUT2D eigenvalue weighted by molar-refractivity contribution is 5.87. The van der Waals surface area contributed by atoms with E-state index in [-0.39, 0.29) is 0 Å². The lowest BCUT2D eigenvalue weighted by Gasteiger charge is -2.35. The first-order valence-corrected chi connectivity index (χ1v) is 9.03. The van der Waals surface area contributed by atoms with Crippen LogP contribution in [0, 0.1) is 0 Å². The Labute approximate surface area is 138 Å². The second-order valence-electron chi connectivity index (χ2n) is 6.96. The molecule has 1 atom stereocenters. The van der Waals surface area contributed by atoms with Gasteiger partial charge in [0.25, 0.3) is 0 Å². The summed E-state index contributed by atoms with van der Waals surface area (Å²) in [5.41, 5.74) is 1.42. The Morgan fingerprint density at radius 2 is 2.00 bits per heavy atom. The van der Waals surface area contributed by atoms with E-state index in [1.54, 1.807) is 12.1 Å². The van der Waals surface area contributed by atoms with Gasteiger partial charge in [-0.05, 0) is 49.9 Å². The van der Waals surface area contributed by atoms with Gasteiger partial charge in [-0.1, -0.05) is 31.4 Å². The van der Waals surface area contributed by atoms with Gasteiger partial charge in [-0.2, -0.15) is 0 Å². The van der Waals surface area contributed by atoms with Crippen molar-refractivity contribution in [1.29, 1.82) is 0 Å². The number of benzene rings is 1. The summed E-state index contributed by atoms with van der Waals surface area (Å²) in [4.78, 5) is 13.8. The molecule has 23 heavy (non-hydrogen) atoms. The van der Waals surface area contributed by atoms with Gasteiger partial charge in [0.1, 0.15) is 0 Å². The quantitative estimate of drug-likeness (QED) is 0.846. The van der Waals surface area contributed by atoms with Gasteiger partial charge in [-0.25, -0.2) is 4.79 Å². The summed E-state index contributed by atoms with van der Waals surface area (Å²) in [6, 6.07) is 8.68. The Morgan fingerprint density at radius 3 is 2.78 bits per heavy atom. The van der Waals surface area contributed by atoms with Crippen LogP contribution >= 0.6 is 0 Å². The van der Waals surface area contributed by atoms with Gasteiger partial charge in [0.15, 0.2) is 0 Å². The van der Waals surface area contributed by atoms with E-state index in [4.69, 9.17) is 5.11 Å². The van der Waals surface area contributed by atoms with Crippen LogP contribution in [0.3, 0.4) is 0 Å². The molecular formula is C19H28N2O2. The molecule has 1 unspecified atom stereocenters. The largest absolute Gasteiger partial charge is 0.478 e. The predicted molar refractivity (Wildman–Crippen MR) is 91.7 cm³/mol. The number of nitrogens with one attached hydrogen (secondary N) is 1. The predicted octanol–water partition coefficient (Wildman–Crippen LogP) is 3.27. The fraction of sp³-hybridized carbons (Fsp3) is 0.632. The summed E-state index contributed by atoms with van der Waals surface area (Å²) in [6.45, 7) is 3.01. The van der Waals surface area contributed by atoms with E-state index in [1.807, 2.05) is 12.1 Å². The lowest BCUT2D eigenvalue weighted by atomic mass is 9.94. The third-order valence-corrected chi connectivity index (χ3v) is 5.35. The van der Waals surface area contributed by atoms with Crippen LogP contribution in [0.25, 0.3) is 0 Å². The second-order valence-corrected chi connectivity index (χ2v) is 6.96. The minimum atomic E-state index is -0.855. The Balaban J connectivity index is 1.49. The number of carboxylic acids is 1. The molecule has 2 aliphatic rings. The molecule has 4 heteroatoms. The number of hydrogen-bond donors (Lipinski definition) is 2. The Hall–Kier alpha value is -1.39. The molecule has 0 amide bonds. The van der Waals surface area contributed by atoms with Crippen molar-refractivity contribution in [2.24, 2.45) is 0 Å². The minimum Gasteiger partial charge on any atom is -0.478 e. The van der Waals surface area contributed by atoms with Gasteiger partial charge in [-0.3, -0.25) is 4.90 Å². The van der Waals surface area contributed by atoms with Crippen molar-refractivity contribution in [2.75, 3.05) is 13.1 Å². The van der Waals surface area contributed by atoms with Crippen LogP contribution in [0.5, 0.6) is 0 Å². The first-order valence-electron chi connectivity index (χ1n) is 9.03. The number of carboxylic acid groups (broad SMARTS) is 1. The van der Waals surface area contributed by atoms with Crippen molar-refractivity contribution in [3.63, 3.8) is 0 Å². The topological polar surface area (TPSA) is 52.6 Å². The molecule has 1 aliphatic carbocycles. The first kappa shape index (κ1) is 16.5. The third kappa shape index (κ3) is 4.33. The van der Waals surface area contributed by atoms with Crippen LogP contribution in [-0.2, 0) is 6.54 Å². The smallest absolute Gasteiger partial charge is 0.335 e. The van der Waals surface area contributed by atoms with Crippen LogP contribution in [0.15, 0.2) is 24.3 Å². The van der Waals surface area contributed by atoms with Crippen molar-refractivity contribution in [3.05, 3.63) is 35.4 Å². The van der Waals surface area contributed by atoms with Gasteiger partial charge in [-0.15, -0.1) is 0 Å². The summed E-state index contributed by atoms with van der Waals surface area (Å²) >= 11 is 0. The maximum absolute atomic E-state index is 11.0. The molecule has 1 saturated carbocycles. The Morgan fingerprint density at radius 1 is 1.17 bits per heavy atom. The van der Waals surface area contributed by atoms with Gasteiger partial charge in [0, 0.05) is 25.2 Å². The summed E-state index contributed by atoms with van der Waals surface area (Å²) in [7, 11) is 0. The lowest BCUT2D eigenvalue weighted by molar-refractivity contribution is 0.0696. The highest BCUT2D eigenvalue weighted by atomic mass is 16.4. The standard InChI is InChI=1S/C19H28N2O2/c22-19(23)16-7-4-6-15(12-16)13-20-14-18-10-5-11-21(18)17-8-2-1-3-9-17/h4,6-7,12,17-18,20H,1-3,5,8-11,13-14H2,(H,22,23). The zero-order chi connectivity index (χ0) is 16.1. The molecule has 0 spiro atoms. The van der Waals surface area contributed by atoms with Crippen molar-refractivity contribution in [2.45, 2.75) is 63.6 Å². The number of aromatic carboxylic acids is 1. The number of hydrogen-bond acceptors (Lipinski definition) is 3. The Bertz CT molecular complexity index is 526. The molecule has 1 heterocycles. The van der Waals surface area contributed by atoms with E-state index in [9.17, 15) is 4.79 Å².